The second-order valence-electron chi connectivity index (χ2n) is 3.07. The highest BCUT2D eigenvalue weighted by atomic mass is 19.1. The molecule has 1 nitrogen and oxygen atoms in total. The summed E-state index contributed by atoms with van der Waals surface area (Å²) in [4.78, 5) is 1.50. The summed E-state index contributed by atoms with van der Waals surface area (Å²) < 4.78 is 13.6. The smallest absolute Gasteiger partial charge is 0.196 e. The fraction of sp³-hybridized carbons (Fsp3) is 0.167. The van der Waals surface area contributed by atoms with Crippen molar-refractivity contribution in [3.63, 3.8) is 0 Å². The van der Waals surface area contributed by atoms with Gasteiger partial charge in [0, 0.05) is 18.3 Å². The Morgan fingerprint density at radius 2 is 1.93 bits per heavy atom. The van der Waals surface area contributed by atoms with Crippen LogP contribution in [0.5, 0.6) is 0 Å². The van der Waals surface area contributed by atoms with E-state index in [0.717, 1.165) is 5.69 Å². The quantitative estimate of drug-likeness (QED) is 0.522. The molecule has 0 saturated carbocycles. The van der Waals surface area contributed by atoms with Crippen LogP contribution in [0.3, 0.4) is 0 Å². The normalized spacial score (nSPS) is 11.9. The van der Waals surface area contributed by atoms with Crippen molar-refractivity contribution >= 4 is 5.69 Å². The van der Waals surface area contributed by atoms with Crippen LogP contribution in [-0.2, 0) is 0 Å². The molecule has 0 aromatic heterocycles. The molecule has 0 unspecified atom stereocenters. The zero-order valence-electron chi connectivity index (χ0n) is 8.50. The molecule has 0 radical (unpaired) electrons. The molecule has 14 heavy (non-hydrogen) atoms. The van der Waals surface area contributed by atoms with Gasteiger partial charge in [-0.1, -0.05) is 30.9 Å². The number of hydrogen-bond acceptors (Lipinski definition) is 1. The second-order valence-corrected chi connectivity index (χ2v) is 3.07. The number of rotatable bonds is 3. The summed E-state index contributed by atoms with van der Waals surface area (Å²) in [7, 11) is 1.69. The van der Waals surface area contributed by atoms with Crippen molar-refractivity contribution in [2.75, 3.05) is 11.9 Å². The SMILES string of the molecule is C=C/C(C)=C(\F)N(C)c1ccccc1. The van der Waals surface area contributed by atoms with Crippen LogP contribution in [0.15, 0.2) is 54.5 Å². The monoisotopic (exact) mass is 191 g/mol. The standard InChI is InChI=1S/C12H14FN/c1-4-10(2)12(13)14(3)11-8-6-5-7-9-11/h4-9H,1H2,2-3H3/b12-10+. The van der Waals surface area contributed by atoms with Gasteiger partial charge in [-0.15, -0.1) is 0 Å². The Morgan fingerprint density at radius 1 is 1.36 bits per heavy atom. The summed E-state index contributed by atoms with van der Waals surface area (Å²) in [6, 6.07) is 9.37. The van der Waals surface area contributed by atoms with Crippen LogP contribution in [0, 0.1) is 0 Å². The minimum atomic E-state index is -0.272. The third-order valence-electron chi connectivity index (χ3n) is 2.07. The Balaban J connectivity index is 2.97. The van der Waals surface area contributed by atoms with Crippen LogP contribution in [0.1, 0.15) is 6.92 Å². The molecule has 0 aliphatic carbocycles. The molecular formula is C12H14FN. The molecule has 0 saturated heterocycles. The average molecular weight is 191 g/mol. The maximum Gasteiger partial charge on any atom is 0.196 e. The van der Waals surface area contributed by atoms with Crippen molar-refractivity contribution in [3.05, 3.63) is 54.5 Å². The Bertz CT molecular complexity index is 341. The zero-order chi connectivity index (χ0) is 10.6. The average Bonchev–Trinajstić information content (AvgIpc) is 2.27. The van der Waals surface area contributed by atoms with Gasteiger partial charge in [0.2, 0.25) is 0 Å². The first-order chi connectivity index (χ1) is 6.66. The summed E-state index contributed by atoms with van der Waals surface area (Å²) in [5.74, 6) is -0.272. The molecule has 0 aliphatic rings. The maximum absolute atomic E-state index is 13.6. The van der Waals surface area contributed by atoms with Crippen molar-refractivity contribution in [3.8, 4) is 0 Å². The molecule has 1 aromatic carbocycles. The minimum Gasteiger partial charge on any atom is -0.321 e. The number of benzene rings is 1. The van der Waals surface area contributed by atoms with E-state index in [0.29, 0.717) is 5.57 Å². The highest BCUT2D eigenvalue weighted by Gasteiger charge is 2.07. The van der Waals surface area contributed by atoms with Crippen LogP contribution in [0.4, 0.5) is 10.1 Å². The Kier molecular flexibility index (Phi) is 3.46. The van der Waals surface area contributed by atoms with E-state index < -0.39 is 0 Å². The lowest BCUT2D eigenvalue weighted by Gasteiger charge is -2.17. The summed E-state index contributed by atoms with van der Waals surface area (Å²) >= 11 is 0. The van der Waals surface area contributed by atoms with Crippen molar-refractivity contribution in [1.82, 2.24) is 0 Å². The van der Waals surface area contributed by atoms with Gasteiger partial charge in [-0.05, 0) is 19.1 Å². The van der Waals surface area contributed by atoms with Gasteiger partial charge in [0.15, 0.2) is 5.95 Å². The van der Waals surface area contributed by atoms with E-state index in [2.05, 4.69) is 6.58 Å². The van der Waals surface area contributed by atoms with Gasteiger partial charge in [0.25, 0.3) is 0 Å². The van der Waals surface area contributed by atoms with Gasteiger partial charge in [0.05, 0.1) is 0 Å². The predicted molar refractivity (Wildman–Crippen MR) is 58.9 cm³/mol. The zero-order valence-corrected chi connectivity index (χ0v) is 8.50. The number of halogens is 1. The molecule has 0 bridgehead atoms. The molecular weight excluding hydrogens is 177 g/mol. The maximum atomic E-state index is 13.6. The first-order valence-electron chi connectivity index (χ1n) is 4.44. The summed E-state index contributed by atoms with van der Waals surface area (Å²) in [6.45, 7) is 5.23. The van der Waals surface area contributed by atoms with Gasteiger partial charge in [-0.2, -0.15) is 4.39 Å². The largest absolute Gasteiger partial charge is 0.321 e. The van der Waals surface area contributed by atoms with Crippen molar-refractivity contribution in [2.45, 2.75) is 6.92 Å². The minimum absolute atomic E-state index is 0.272. The molecule has 2 heteroatoms. The third kappa shape index (κ3) is 2.22. The van der Waals surface area contributed by atoms with Crippen molar-refractivity contribution < 1.29 is 4.39 Å². The summed E-state index contributed by atoms with van der Waals surface area (Å²) in [6.07, 6.45) is 1.51. The van der Waals surface area contributed by atoms with Gasteiger partial charge in [-0.25, -0.2) is 0 Å². The van der Waals surface area contributed by atoms with Gasteiger partial charge < -0.3 is 4.90 Å². The summed E-state index contributed by atoms with van der Waals surface area (Å²) in [5.41, 5.74) is 1.36. The van der Waals surface area contributed by atoms with Gasteiger partial charge in [-0.3, -0.25) is 0 Å². The van der Waals surface area contributed by atoms with E-state index >= 15 is 0 Å². The van der Waals surface area contributed by atoms with Gasteiger partial charge in [0.1, 0.15) is 0 Å². The molecule has 0 aliphatic heterocycles. The second kappa shape index (κ2) is 4.61. The molecule has 74 valence electrons. The van der Waals surface area contributed by atoms with Crippen LogP contribution in [0.2, 0.25) is 0 Å². The molecule has 1 rings (SSSR count). The topological polar surface area (TPSA) is 3.24 Å². The highest BCUT2D eigenvalue weighted by Crippen LogP contribution is 2.19. The first kappa shape index (κ1) is 10.5. The summed E-state index contributed by atoms with van der Waals surface area (Å²) in [5, 5.41) is 0. The highest BCUT2D eigenvalue weighted by molar-refractivity contribution is 5.50. The van der Waals surface area contributed by atoms with E-state index in [1.807, 2.05) is 30.3 Å². The van der Waals surface area contributed by atoms with Crippen LogP contribution in [0.25, 0.3) is 0 Å². The molecule has 0 spiro atoms. The Labute approximate surface area is 84.2 Å². The van der Waals surface area contributed by atoms with E-state index in [9.17, 15) is 4.39 Å². The molecule has 0 N–H and O–H groups in total. The number of allylic oxidation sites excluding steroid dienone is 2. The molecule has 0 amide bonds. The lowest BCUT2D eigenvalue weighted by molar-refractivity contribution is 0.599. The van der Waals surface area contributed by atoms with E-state index in [4.69, 9.17) is 0 Å². The number of para-hydroxylation sites is 1. The van der Waals surface area contributed by atoms with Crippen LogP contribution < -0.4 is 4.90 Å². The lowest BCUT2D eigenvalue weighted by Crippen LogP contribution is -2.14. The van der Waals surface area contributed by atoms with E-state index in [-0.39, 0.29) is 5.95 Å². The lowest BCUT2D eigenvalue weighted by atomic mass is 10.2. The predicted octanol–water partition coefficient (Wildman–Crippen LogP) is 3.51. The molecule has 0 atom stereocenters. The van der Waals surface area contributed by atoms with E-state index in [1.165, 1.54) is 11.0 Å². The molecule has 0 fully saturated rings. The van der Waals surface area contributed by atoms with Crippen LogP contribution >= 0.6 is 0 Å². The number of anilines is 1. The fourth-order valence-electron chi connectivity index (χ4n) is 1.11. The molecule has 0 heterocycles. The Hall–Kier alpha value is -1.57. The number of nitrogens with zero attached hydrogens (tertiary/aromatic N) is 1. The number of hydrogen-bond donors (Lipinski definition) is 0. The fourth-order valence-corrected chi connectivity index (χ4v) is 1.11. The third-order valence-corrected chi connectivity index (χ3v) is 2.07. The van der Waals surface area contributed by atoms with Gasteiger partial charge >= 0.3 is 0 Å². The van der Waals surface area contributed by atoms with Crippen molar-refractivity contribution in [1.29, 1.82) is 0 Å². The van der Waals surface area contributed by atoms with Crippen molar-refractivity contribution in [2.24, 2.45) is 0 Å². The van der Waals surface area contributed by atoms with Crippen LogP contribution in [-0.4, -0.2) is 7.05 Å². The molecule has 1 aromatic rings. The first-order valence-corrected chi connectivity index (χ1v) is 4.44. The Morgan fingerprint density at radius 3 is 2.43 bits per heavy atom. The van der Waals surface area contributed by atoms with E-state index in [1.54, 1.807) is 14.0 Å².